The second-order valence-electron chi connectivity index (χ2n) is 4.48. The molecule has 1 aliphatic rings. The van der Waals surface area contributed by atoms with Crippen LogP contribution in [-0.4, -0.2) is 29.8 Å². The number of carbonyl (C=O) groups excluding carboxylic acids is 3. The highest BCUT2D eigenvalue weighted by Gasteiger charge is 2.55. The number of barbiturate groups is 1. The van der Waals surface area contributed by atoms with Crippen molar-refractivity contribution in [3.63, 3.8) is 0 Å². The first-order valence-corrected chi connectivity index (χ1v) is 6.14. The summed E-state index contributed by atoms with van der Waals surface area (Å²) in [7, 11) is 1.35. The minimum atomic E-state index is -1.37. The fourth-order valence-corrected chi connectivity index (χ4v) is 2.13. The number of nitrogens with one attached hydrogen (secondary N) is 1. The van der Waals surface area contributed by atoms with Gasteiger partial charge in [-0.2, -0.15) is 0 Å². The topological polar surface area (TPSA) is 66.5 Å². The SMILES string of the molecule is C=CCC1([C@H](C)C#CCC)C(=O)NC(=O)N(C)C1=O. The average Bonchev–Trinajstić information content (AvgIpc) is 2.38. The van der Waals surface area contributed by atoms with Crippen molar-refractivity contribution in [3.05, 3.63) is 12.7 Å². The number of allylic oxidation sites excluding steroid dienone is 1. The monoisotopic (exact) mass is 262 g/mol. The molecule has 1 heterocycles. The van der Waals surface area contributed by atoms with Gasteiger partial charge in [-0.25, -0.2) is 4.79 Å². The van der Waals surface area contributed by atoms with Crippen molar-refractivity contribution in [1.82, 2.24) is 10.2 Å². The Balaban J connectivity index is 3.30. The molecule has 0 radical (unpaired) electrons. The number of carbonyl (C=O) groups is 3. The number of hydrogen-bond donors (Lipinski definition) is 1. The zero-order valence-electron chi connectivity index (χ0n) is 11.4. The molecule has 0 bridgehead atoms. The van der Waals surface area contributed by atoms with Crippen molar-refractivity contribution in [2.24, 2.45) is 11.3 Å². The summed E-state index contributed by atoms with van der Waals surface area (Å²) in [6, 6.07) is -0.703. The smallest absolute Gasteiger partial charge is 0.277 e. The van der Waals surface area contributed by atoms with E-state index in [1.54, 1.807) is 6.92 Å². The van der Waals surface area contributed by atoms with Crippen molar-refractivity contribution in [1.29, 1.82) is 0 Å². The fourth-order valence-electron chi connectivity index (χ4n) is 2.13. The van der Waals surface area contributed by atoms with Gasteiger partial charge in [0.05, 0.1) is 0 Å². The second-order valence-corrected chi connectivity index (χ2v) is 4.48. The molecule has 0 spiro atoms. The largest absolute Gasteiger partial charge is 0.330 e. The van der Waals surface area contributed by atoms with E-state index in [-0.39, 0.29) is 6.42 Å². The van der Waals surface area contributed by atoms with E-state index >= 15 is 0 Å². The maximum atomic E-state index is 12.4. The van der Waals surface area contributed by atoms with E-state index in [1.165, 1.54) is 13.1 Å². The van der Waals surface area contributed by atoms with Gasteiger partial charge in [-0.1, -0.05) is 18.9 Å². The molecule has 1 N–H and O–H groups in total. The van der Waals surface area contributed by atoms with Crippen LogP contribution in [0.15, 0.2) is 12.7 Å². The number of imide groups is 2. The first-order chi connectivity index (χ1) is 8.91. The summed E-state index contributed by atoms with van der Waals surface area (Å²) in [6.07, 6.45) is 2.29. The first-order valence-electron chi connectivity index (χ1n) is 6.14. The summed E-state index contributed by atoms with van der Waals surface area (Å²) < 4.78 is 0. The molecular formula is C14H18N2O3. The third kappa shape index (κ3) is 2.39. The summed E-state index contributed by atoms with van der Waals surface area (Å²) >= 11 is 0. The van der Waals surface area contributed by atoms with E-state index in [9.17, 15) is 14.4 Å². The van der Waals surface area contributed by atoms with Crippen LogP contribution in [0.5, 0.6) is 0 Å². The molecule has 1 fully saturated rings. The molecule has 1 unspecified atom stereocenters. The Bertz CT molecular complexity index is 487. The Morgan fingerprint density at radius 2 is 2.11 bits per heavy atom. The molecule has 5 heteroatoms. The van der Waals surface area contributed by atoms with E-state index in [2.05, 4.69) is 23.7 Å². The lowest BCUT2D eigenvalue weighted by Crippen LogP contribution is -2.64. The molecule has 1 rings (SSSR count). The minimum absolute atomic E-state index is 0.148. The van der Waals surface area contributed by atoms with Crippen LogP contribution in [0.3, 0.4) is 0 Å². The zero-order valence-corrected chi connectivity index (χ0v) is 11.4. The molecule has 0 aromatic carbocycles. The quantitative estimate of drug-likeness (QED) is 0.473. The van der Waals surface area contributed by atoms with Gasteiger partial charge >= 0.3 is 6.03 Å². The van der Waals surface area contributed by atoms with E-state index in [4.69, 9.17) is 0 Å². The first kappa shape index (κ1) is 15.0. The summed E-state index contributed by atoms with van der Waals surface area (Å²) in [5.41, 5.74) is -1.37. The van der Waals surface area contributed by atoms with Crippen LogP contribution in [0.2, 0.25) is 0 Å². The van der Waals surface area contributed by atoms with Gasteiger partial charge in [-0.05, 0) is 13.3 Å². The van der Waals surface area contributed by atoms with Crippen molar-refractivity contribution < 1.29 is 14.4 Å². The van der Waals surface area contributed by atoms with Gasteiger partial charge in [-0.15, -0.1) is 12.5 Å². The van der Waals surface area contributed by atoms with Gasteiger partial charge in [-0.3, -0.25) is 19.8 Å². The molecule has 2 atom stereocenters. The number of nitrogens with zero attached hydrogens (tertiary/aromatic N) is 1. The van der Waals surface area contributed by atoms with E-state index in [0.29, 0.717) is 6.42 Å². The Hall–Kier alpha value is -2.09. The summed E-state index contributed by atoms with van der Waals surface area (Å²) in [5, 5.41) is 2.20. The fraction of sp³-hybridized carbons (Fsp3) is 0.500. The lowest BCUT2D eigenvalue weighted by atomic mass is 9.71. The normalized spacial score (nSPS) is 24.4. The lowest BCUT2D eigenvalue weighted by Gasteiger charge is -2.39. The lowest BCUT2D eigenvalue weighted by molar-refractivity contribution is -0.152. The van der Waals surface area contributed by atoms with Gasteiger partial charge in [0.25, 0.3) is 0 Å². The molecule has 0 aromatic rings. The van der Waals surface area contributed by atoms with Crippen molar-refractivity contribution in [2.45, 2.75) is 26.7 Å². The Kier molecular flexibility index (Phi) is 4.49. The molecule has 1 aliphatic heterocycles. The number of hydrogen-bond acceptors (Lipinski definition) is 3. The molecule has 0 aromatic heterocycles. The van der Waals surface area contributed by atoms with Crippen LogP contribution in [0, 0.1) is 23.2 Å². The van der Waals surface area contributed by atoms with Crippen LogP contribution in [0.1, 0.15) is 26.7 Å². The van der Waals surface area contributed by atoms with Crippen LogP contribution < -0.4 is 5.32 Å². The molecule has 102 valence electrons. The predicted octanol–water partition coefficient (Wildman–Crippen LogP) is 1.31. The van der Waals surface area contributed by atoms with Crippen LogP contribution >= 0.6 is 0 Å². The summed E-state index contributed by atoms with van der Waals surface area (Å²) in [6.45, 7) is 7.19. The minimum Gasteiger partial charge on any atom is -0.277 e. The maximum Gasteiger partial charge on any atom is 0.330 e. The predicted molar refractivity (Wildman–Crippen MR) is 70.8 cm³/mol. The Morgan fingerprint density at radius 3 is 2.63 bits per heavy atom. The number of amides is 4. The highest BCUT2D eigenvalue weighted by Crippen LogP contribution is 2.36. The number of rotatable bonds is 3. The van der Waals surface area contributed by atoms with Gasteiger partial charge in [0.2, 0.25) is 11.8 Å². The molecule has 19 heavy (non-hydrogen) atoms. The highest BCUT2D eigenvalue weighted by atomic mass is 16.2. The van der Waals surface area contributed by atoms with Gasteiger partial charge in [0.1, 0.15) is 5.41 Å². The third-order valence-electron chi connectivity index (χ3n) is 3.32. The van der Waals surface area contributed by atoms with E-state index in [1.807, 2.05) is 6.92 Å². The standard InChI is InChI=1S/C14H18N2O3/c1-5-7-8-10(3)14(9-6-2)11(17)15-13(19)16(4)12(14)18/h6,10H,2,5,9H2,1,3-4H3,(H,15,17,19)/t10-,14?/m1/s1. The maximum absolute atomic E-state index is 12.4. The average molecular weight is 262 g/mol. The van der Waals surface area contributed by atoms with E-state index < -0.39 is 29.2 Å². The molecule has 0 aliphatic carbocycles. The van der Waals surface area contributed by atoms with Crippen LogP contribution in [-0.2, 0) is 9.59 Å². The molecule has 4 amide bonds. The zero-order chi connectivity index (χ0) is 14.6. The number of urea groups is 1. The van der Waals surface area contributed by atoms with Gasteiger partial charge in [0, 0.05) is 19.4 Å². The molecule has 0 saturated carbocycles. The third-order valence-corrected chi connectivity index (χ3v) is 3.32. The van der Waals surface area contributed by atoms with Crippen molar-refractivity contribution in [3.8, 4) is 11.8 Å². The Labute approximate surface area is 113 Å². The van der Waals surface area contributed by atoms with Gasteiger partial charge < -0.3 is 0 Å². The van der Waals surface area contributed by atoms with Crippen molar-refractivity contribution >= 4 is 17.8 Å². The van der Waals surface area contributed by atoms with Crippen molar-refractivity contribution in [2.75, 3.05) is 7.05 Å². The summed E-state index contributed by atoms with van der Waals surface area (Å²) in [4.78, 5) is 37.0. The second kappa shape index (κ2) is 5.70. The molecule has 5 nitrogen and oxygen atoms in total. The highest BCUT2D eigenvalue weighted by molar-refractivity contribution is 6.19. The van der Waals surface area contributed by atoms with Crippen LogP contribution in [0.4, 0.5) is 4.79 Å². The molecule has 1 saturated heterocycles. The summed E-state index contributed by atoms with van der Waals surface area (Å²) in [5.74, 6) is 4.16. The Morgan fingerprint density at radius 1 is 1.47 bits per heavy atom. The molecular weight excluding hydrogens is 244 g/mol. The van der Waals surface area contributed by atoms with Crippen LogP contribution in [0.25, 0.3) is 0 Å². The van der Waals surface area contributed by atoms with Gasteiger partial charge in [0.15, 0.2) is 0 Å². The van der Waals surface area contributed by atoms with E-state index in [0.717, 1.165) is 4.90 Å².